The van der Waals surface area contributed by atoms with Crippen molar-refractivity contribution in [2.75, 3.05) is 0 Å². The topological polar surface area (TPSA) is 77.3 Å². The number of benzene rings is 1. The summed E-state index contributed by atoms with van der Waals surface area (Å²) in [6, 6.07) is 4.16. The van der Waals surface area contributed by atoms with E-state index in [9.17, 15) is 19.7 Å². The molecule has 1 fully saturated rings. The number of nitro benzene ring substituents is 1. The number of halogens is 1. The molecule has 1 aromatic rings. The molecule has 0 atom stereocenters. The van der Waals surface area contributed by atoms with Crippen molar-refractivity contribution >= 4 is 28.9 Å². The number of nitrogens with zero attached hydrogens (tertiary/aromatic N) is 1. The third-order valence-electron chi connectivity index (χ3n) is 3.46. The summed E-state index contributed by atoms with van der Waals surface area (Å²) in [7, 11) is 0. The molecule has 0 aliphatic heterocycles. The third-order valence-corrected chi connectivity index (χ3v) is 3.79. The van der Waals surface area contributed by atoms with Gasteiger partial charge in [0.25, 0.3) is 5.69 Å². The maximum absolute atomic E-state index is 12.2. The van der Waals surface area contributed by atoms with Gasteiger partial charge in [0.15, 0.2) is 0 Å². The van der Waals surface area contributed by atoms with Gasteiger partial charge in [-0.25, -0.2) is 0 Å². The van der Waals surface area contributed by atoms with Crippen molar-refractivity contribution in [3.63, 3.8) is 0 Å². The molecule has 0 amide bonds. The van der Waals surface area contributed by atoms with E-state index in [2.05, 4.69) is 0 Å². The van der Waals surface area contributed by atoms with Gasteiger partial charge in [-0.2, -0.15) is 0 Å². The van der Waals surface area contributed by atoms with Crippen LogP contribution in [0.3, 0.4) is 0 Å². The van der Waals surface area contributed by atoms with Gasteiger partial charge in [0.05, 0.1) is 15.5 Å². The average Bonchev–Trinajstić information content (AvgIpc) is 2.28. The molecule has 6 heteroatoms. The van der Waals surface area contributed by atoms with Crippen molar-refractivity contribution < 1.29 is 14.5 Å². The standard InChI is InChI=1S/C14H14ClNO4/c1-14(2)6-10(17)13(11(18)7-14)12-8(15)4-3-5-9(12)16(19)20/h3-5,13H,6-7H2,1-2H3. The molecule has 0 saturated heterocycles. The summed E-state index contributed by atoms with van der Waals surface area (Å²) in [5.41, 5.74) is -0.644. The summed E-state index contributed by atoms with van der Waals surface area (Å²) in [4.78, 5) is 35.0. The maximum Gasteiger partial charge on any atom is 0.275 e. The molecular weight excluding hydrogens is 282 g/mol. The number of hydrogen-bond acceptors (Lipinski definition) is 4. The number of ketones is 2. The second kappa shape index (κ2) is 4.98. The Labute approximate surface area is 121 Å². The second-order valence-corrected chi connectivity index (χ2v) is 6.22. The van der Waals surface area contributed by atoms with E-state index in [0.29, 0.717) is 0 Å². The van der Waals surface area contributed by atoms with Gasteiger partial charge in [-0.1, -0.05) is 31.5 Å². The first-order chi connectivity index (χ1) is 9.23. The van der Waals surface area contributed by atoms with Crippen molar-refractivity contribution in [3.05, 3.63) is 38.9 Å². The largest absolute Gasteiger partial charge is 0.298 e. The van der Waals surface area contributed by atoms with Gasteiger partial charge in [-0.05, 0) is 11.5 Å². The van der Waals surface area contributed by atoms with Crippen LogP contribution in [0.5, 0.6) is 0 Å². The molecule has 1 aliphatic rings. The lowest BCUT2D eigenvalue weighted by Gasteiger charge is -2.32. The van der Waals surface area contributed by atoms with Gasteiger partial charge < -0.3 is 0 Å². The molecule has 1 aromatic carbocycles. The molecule has 0 spiro atoms. The van der Waals surface area contributed by atoms with E-state index in [1.807, 2.05) is 13.8 Å². The molecule has 0 bridgehead atoms. The third kappa shape index (κ3) is 2.58. The van der Waals surface area contributed by atoms with Crippen LogP contribution in [-0.2, 0) is 9.59 Å². The molecule has 0 radical (unpaired) electrons. The number of carbonyl (C=O) groups is 2. The molecule has 1 saturated carbocycles. The molecule has 20 heavy (non-hydrogen) atoms. The quantitative estimate of drug-likeness (QED) is 0.476. The van der Waals surface area contributed by atoms with Crippen LogP contribution in [-0.4, -0.2) is 16.5 Å². The summed E-state index contributed by atoms with van der Waals surface area (Å²) in [6.45, 7) is 3.67. The van der Waals surface area contributed by atoms with Crippen LogP contribution in [0.15, 0.2) is 18.2 Å². The van der Waals surface area contributed by atoms with Gasteiger partial charge in [0, 0.05) is 18.9 Å². The lowest BCUT2D eigenvalue weighted by molar-refractivity contribution is -0.385. The SMILES string of the molecule is CC1(C)CC(=O)C(c2c(Cl)cccc2[N+](=O)[O-])C(=O)C1. The van der Waals surface area contributed by atoms with Crippen molar-refractivity contribution in [2.24, 2.45) is 5.41 Å². The van der Waals surface area contributed by atoms with Gasteiger partial charge in [0.1, 0.15) is 17.5 Å². The molecular formula is C14H14ClNO4. The second-order valence-electron chi connectivity index (χ2n) is 5.81. The first-order valence-electron chi connectivity index (χ1n) is 6.21. The highest BCUT2D eigenvalue weighted by Gasteiger charge is 2.43. The van der Waals surface area contributed by atoms with Crippen LogP contribution < -0.4 is 0 Å². The summed E-state index contributed by atoms with van der Waals surface area (Å²) in [5.74, 6) is -1.72. The summed E-state index contributed by atoms with van der Waals surface area (Å²) in [5, 5.41) is 11.2. The molecule has 0 N–H and O–H groups in total. The maximum atomic E-state index is 12.2. The number of nitro groups is 1. The minimum Gasteiger partial charge on any atom is -0.298 e. The van der Waals surface area contributed by atoms with E-state index in [1.165, 1.54) is 18.2 Å². The summed E-state index contributed by atoms with van der Waals surface area (Å²) in [6.07, 6.45) is 0.428. The smallest absolute Gasteiger partial charge is 0.275 e. The molecule has 0 heterocycles. The minimum absolute atomic E-state index is 0.0321. The molecule has 2 rings (SSSR count). The Balaban J connectivity index is 2.54. The summed E-state index contributed by atoms with van der Waals surface area (Å²) >= 11 is 6.00. The Morgan fingerprint density at radius 2 is 1.80 bits per heavy atom. The van der Waals surface area contributed by atoms with E-state index >= 15 is 0 Å². The predicted molar refractivity (Wildman–Crippen MR) is 73.9 cm³/mol. The van der Waals surface area contributed by atoms with Crippen molar-refractivity contribution in [2.45, 2.75) is 32.6 Å². The van der Waals surface area contributed by atoms with E-state index in [0.717, 1.165) is 0 Å². The number of carbonyl (C=O) groups excluding carboxylic acids is 2. The zero-order chi connectivity index (χ0) is 15.1. The Hall–Kier alpha value is -1.75. The highest BCUT2D eigenvalue weighted by molar-refractivity contribution is 6.32. The average molecular weight is 296 g/mol. The van der Waals surface area contributed by atoms with Crippen molar-refractivity contribution in [1.29, 1.82) is 0 Å². The number of rotatable bonds is 2. The molecule has 1 aliphatic carbocycles. The Kier molecular flexibility index (Phi) is 3.65. The van der Waals surface area contributed by atoms with E-state index in [1.54, 1.807) is 0 Å². The number of Topliss-reactive ketones (excluding diaryl/α,β-unsaturated/α-hetero) is 2. The fraction of sp³-hybridized carbons (Fsp3) is 0.429. The molecule has 0 unspecified atom stereocenters. The highest BCUT2D eigenvalue weighted by atomic mass is 35.5. The van der Waals surface area contributed by atoms with Crippen LogP contribution in [0, 0.1) is 15.5 Å². The first-order valence-corrected chi connectivity index (χ1v) is 6.59. The monoisotopic (exact) mass is 295 g/mol. The van der Waals surface area contributed by atoms with Crippen LogP contribution in [0.25, 0.3) is 0 Å². The highest BCUT2D eigenvalue weighted by Crippen LogP contribution is 2.42. The van der Waals surface area contributed by atoms with Crippen LogP contribution in [0.4, 0.5) is 5.69 Å². The van der Waals surface area contributed by atoms with Crippen molar-refractivity contribution in [1.82, 2.24) is 0 Å². The fourth-order valence-corrected chi connectivity index (χ4v) is 2.96. The van der Waals surface area contributed by atoms with E-state index < -0.39 is 16.3 Å². The Bertz CT molecular complexity index is 589. The van der Waals surface area contributed by atoms with Gasteiger partial charge in [-0.3, -0.25) is 19.7 Å². The normalized spacial score (nSPS) is 19.1. The molecule has 5 nitrogen and oxygen atoms in total. The molecule has 0 aromatic heterocycles. The van der Waals surface area contributed by atoms with E-state index in [-0.39, 0.29) is 40.7 Å². The zero-order valence-electron chi connectivity index (χ0n) is 11.2. The Morgan fingerprint density at radius 1 is 1.25 bits per heavy atom. The van der Waals surface area contributed by atoms with Crippen molar-refractivity contribution in [3.8, 4) is 0 Å². The fourth-order valence-electron chi connectivity index (χ4n) is 2.68. The lowest BCUT2D eigenvalue weighted by Crippen LogP contribution is -2.36. The number of hydrogen-bond donors (Lipinski definition) is 0. The Morgan fingerprint density at radius 3 is 2.30 bits per heavy atom. The van der Waals surface area contributed by atoms with Crippen LogP contribution >= 0.6 is 11.6 Å². The van der Waals surface area contributed by atoms with Crippen LogP contribution in [0.1, 0.15) is 38.2 Å². The molecule has 106 valence electrons. The first kappa shape index (κ1) is 14.7. The zero-order valence-corrected chi connectivity index (χ0v) is 11.9. The van der Waals surface area contributed by atoms with Gasteiger partial charge in [0.2, 0.25) is 0 Å². The summed E-state index contributed by atoms with van der Waals surface area (Å²) < 4.78 is 0. The lowest BCUT2D eigenvalue weighted by atomic mass is 9.69. The minimum atomic E-state index is -1.11. The van der Waals surface area contributed by atoms with E-state index in [4.69, 9.17) is 11.6 Å². The predicted octanol–water partition coefficient (Wildman–Crippen LogP) is 3.29. The van der Waals surface area contributed by atoms with Gasteiger partial charge in [-0.15, -0.1) is 0 Å². The van der Waals surface area contributed by atoms with Crippen LogP contribution in [0.2, 0.25) is 5.02 Å². The van der Waals surface area contributed by atoms with Gasteiger partial charge >= 0.3 is 0 Å².